The zero-order valence-corrected chi connectivity index (χ0v) is 19.9. The molecule has 1 N–H and O–H groups in total. The van der Waals surface area contributed by atoms with Gasteiger partial charge in [0.2, 0.25) is 5.82 Å². The average molecular weight is 465 g/mol. The van der Waals surface area contributed by atoms with Crippen LogP contribution < -0.4 is 10.1 Å². The van der Waals surface area contributed by atoms with Gasteiger partial charge in [0.05, 0.1) is 18.2 Å². The van der Waals surface area contributed by atoms with Crippen molar-refractivity contribution in [2.45, 2.75) is 26.3 Å². The molecular formula is C25H28N4O3S. The number of aromatic nitrogens is 2. The summed E-state index contributed by atoms with van der Waals surface area (Å²) in [6.45, 7) is 6.02. The first-order valence-corrected chi connectivity index (χ1v) is 11.4. The van der Waals surface area contributed by atoms with Gasteiger partial charge < -0.3 is 24.2 Å². The third-order valence-corrected chi connectivity index (χ3v) is 5.88. The van der Waals surface area contributed by atoms with Crippen LogP contribution in [-0.4, -0.2) is 47.0 Å². The Morgan fingerprint density at radius 2 is 1.88 bits per heavy atom. The number of thiocarbonyl (C=S) groups is 1. The first-order chi connectivity index (χ1) is 16.1. The normalized spacial score (nSPS) is 16.2. The number of hydrogen-bond donors (Lipinski definition) is 1. The topological polar surface area (TPSA) is 72.7 Å². The molecular weight excluding hydrogens is 436 g/mol. The van der Waals surface area contributed by atoms with Crippen molar-refractivity contribution in [3.63, 3.8) is 0 Å². The lowest BCUT2D eigenvalue weighted by molar-refractivity contribution is 0.188. The number of rotatable bonds is 9. The third-order valence-electron chi connectivity index (χ3n) is 5.54. The van der Waals surface area contributed by atoms with Crippen LogP contribution in [0.15, 0.2) is 64.8 Å². The molecule has 3 aromatic rings. The van der Waals surface area contributed by atoms with Gasteiger partial charge in [-0.3, -0.25) is 0 Å². The van der Waals surface area contributed by atoms with E-state index >= 15 is 0 Å². The first kappa shape index (κ1) is 22.9. The zero-order chi connectivity index (χ0) is 23.2. The fourth-order valence-electron chi connectivity index (χ4n) is 3.91. The fourth-order valence-corrected chi connectivity index (χ4v) is 4.25. The van der Waals surface area contributed by atoms with Crippen molar-refractivity contribution in [1.29, 1.82) is 0 Å². The smallest absolute Gasteiger partial charge is 0.258 e. The van der Waals surface area contributed by atoms with E-state index in [-0.39, 0.29) is 6.04 Å². The summed E-state index contributed by atoms with van der Waals surface area (Å²) in [4.78, 5) is 6.82. The molecule has 33 heavy (non-hydrogen) atoms. The van der Waals surface area contributed by atoms with E-state index in [0.29, 0.717) is 30.0 Å². The Kier molecular flexibility index (Phi) is 7.36. The second-order valence-corrected chi connectivity index (χ2v) is 8.06. The van der Waals surface area contributed by atoms with Crippen molar-refractivity contribution in [2.24, 2.45) is 0 Å². The summed E-state index contributed by atoms with van der Waals surface area (Å²) in [5.41, 5.74) is 3.84. The minimum Gasteiger partial charge on any atom is -0.494 e. The third kappa shape index (κ3) is 5.07. The van der Waals surface area contributed by atoms with Gasteiger partial charge in [0, 0.05) is 31.5 Å². The van der Waals surface area contributed by atoms with Crippen LogP contribution in [0, 0.1) is 0 Å². The van der Waals surface area contributed by atoms with Gasteiger partial charge >= 0.3 is 0 Å². The molecule has 0 saturated carbocycles. The Bertz CT molecular complexity index is 1110. The highest BCUT2D eigenvalue weighted by Gasteiger charge is 2.33. The number of nitrogens with zero attached hydrogens (tertiary/aromatic N) is 3. The summed E-state index contributed by atoms with van der Waals surface area (Å²) in [6.07, 6.45) is 0.847. The Hall–Kier alpha value is -3.23. The van der Waals surface area contributed by atoms with E-state index in [0.717, 1.165) is 41.1 Å². The molecule has 0 aliphatic carbocycles. The maximum absolute atomic E-state index is 5.78. The highest BCUT2D eigenvalue weighted by atomic mass is 32.1. The molecule has 1 aliphatic rings. The molecule has 7 nitrogen and oxygen atoms in total. The molecule has 0 radical (unpaired) electrons. The highest BCUT2D eigenvalue weighted by Crippen LogP contribution is 2.37. The molecule has 1 unspecified atom stereocenters. The predicted octanol–water partition coefficient (Wildman–Crippen LogP) is 4.83. The number of ether oxygens (including phenoxy) is 2. The van der Waals surface area contributed by atoms with E-state index in [2.05, 4.69) is 27.5 Å². The summed E-state index contributed by atoms with van der Waals surface area (Å²) in [6, 6.07) is 17.6. The molecule has 2 aromatic carbocycles. The van der Waals surface area contributed by atoms with Gasteiger partial charge in [-0.25, -0.2) is 0 Å². The molecule has 1 atom stereocenters. The number of allylic oxidation sites excluding steroid dienone is 1. The summed E-state index contributed by atoms with van der Waals surface area (Å²) in [5, 5.41) is 8.41. The van der Waals surface area contributed by atoms with Gasteiger partial charge in [0.1, 0.15) is 5.75 Å². The molecule has 172 valence electrons. The van der Waals surface area contributed by atoms with E-state index in [9.17, 15) is 0 Å². The van der Waals surface area contributed by atoms with Gasteiger partial charge in [-0.1, -0.05) is 35.5 Å². The SMILES string of the molecule is CCOc1ccc(-c2noc(C3=C(C)N(CCCOC)C(=S)NC3c3ccccc3)n2)cc1. The molecule has 0 bridgehead atoms. The molecule has 0 saturated heterocycles. The van der Waals surface area contributed by atoms with Crippen LogP contribution in [-0.2, 0) is 4.74 Å². The van der Waals surface area contributed by atoms with Gasteiger partial charge in [-0.05, 0) is 62.3 Å². The maximum atomic E-state index is 5.78. The second-order valence-electron chi connectivity index (χ2n) is 7.67. The first-order valence-electron chi connectivity index (χ1n) is 11.0. The van der Waals surface area contributed by atoms with Gasteiger partial charge in [-0.2, -0.15) is 4.98 Å². The van der Waals surface area contributed by atoms with Crippen molar-refractivity contribution < 1.29 is 14.0 Å². The summed E-state index contributed by atoms with van der Waals surface area (Å²) in [5.74, 6) is 1.81. The lowest BCUT2D eigenvalue weighted by atomic mass is 9.95. The quantitative estimate of drug-likeness (QED) is 0.356. The molecule has 4 rings (SSSR count). The van der Waals surface area contributed by atoms with Crippen LogP contribution in [0.5, 0.6) is 5.75 Å². The molecule has 2 heterocycles. The zero-order valence-electron chi connectivity index (χ0n) is 19.1. The summed E-state index contributed by atoms with van der Waals surface area (Å²) in [7, 11) is 1.70. The predicted molar refractivity (Wildman–Crippen MR) is 132 cm³/mol. The van der Waals surface area contributed by atoms with Crippen LogP contribution >= 0.6 is 12.2 Å². The summed E-state index contributed by atoms with van der Waals surface area (Å²) >= 11 is 5.71. The highest BCUT2D eigenvalue weighted by molar-refractivity contribution is 7.80. The molecule has 1 aliphatic heterocycles. The minimum atomic E-state index is -0.189. The average Bonchev–Trinajstić information content (AvgIpc) is 3.32. The van der Waals surface area contributed by atoms with E-state index in [1.807, 2.05) is 56.3 Å². The van der Waals surface area contributed by atoms with Crippen LogP contribution in [0.25, 0.3) is 17.0 Å². The number of methoxy groups -OCH3 is 1. The molecule has 0 amide bonds. The number of nitrogens with one attached hydrogen (secondary N) is 1. The monoisotopic (exact) mass is 464 g/mol. The van der Waals surface area contributed by atoms with Gasteiger partial charge in [0.15, 0.2) is 5.11 Å². The fraction of sp³-hybridized carbons (Fsp3) is 0.320. The van der Waals surface area contributed by atoms with E-state index in [1.54, 1.807) is 7.11 Å². The van der Waals surface area contributed by atoms with Crippen molar-refractivity contribution in [3.8, 4) is 17.1 Å². The maximum Gasteiger partial charge on any atom is 0.258 e. The van der Waals surface area contributed by atoms with Gasteiger partial charge in [-0.15, -0.1) is 0 Å². The molecule has 8 heteroatoms. The Labute approximate surface area is 199 Å². The van der Waals surface area contributed by atoms with Gasteiger partial charge in [0.25, 0.3) is 5.89 Å². The largest absolute Gasteiger partial charge is 0.494 e. The molecule has 0 fully saturated rings. The van der Waals surface area contributed by atoms with Crippen molar-refractivity contribution in [2.75, 3.05) is 26.9 Å². The molecule has 0 spiro atoms. The van der Waals surface area contributed by atoms with E-state index in [1.165, 1.54) is 0 Å². The lowest BCUT2D eigenvalue weighted by Crippen LogP contribution is -2.46. The Morgan fingerprint density at radius 3 is 2.58 bits per heavy atom. The Balaban J connectivity index is 1.71. The van der Waals surface area contributed by atoms with Crippen molar-refractivity contribution >= 4 is 22.9 Å². The minimum absolute atomic E-state index is 0.189. The lowest BCUT2D eigenvalue weighted by Gasteiger charge is -2.37. The van der Waals surface area contributed by atoms with Crippen LogP contribution in [0.2, 0.25) is 0 Å². The van der Waals surface area contributed by atoms with Crippen molar-refractivity contribution in [1.82, 2.24) is 20.4 Å². The number of benzene rings is 2. The van der Waals surface area contributed by atoms with E-state index in [4.69, 9.17) is 31.2 Å². The van der Waals surface area contributed by atoms with Crippen LogP contribution in [0.4, 0.5) is 0 Å². The van der Waals surface area contributed by atoms with Crippen molar-refractivity contribution in [3.05, 3.63) is 71.7 Å². The van der Waals surface area contributed by atoms with E-state index < -0.39 is 0 Å². The standard InChI is InChI=1S/C25H28N4O3S/c1-4-31-20-13-11-19(12-14-20)23-27-24(32-28-23)21-17(2)29(15-8-16-30-3)25(33)26-22(21)18-9-6-5-7-10-18/h5-7,9-14,22H,4,8,15-16H2,1-3H3,(H,26,33). The number of hydrogen-bond acceptors (Lipinski definition) is 6. The molecule has 1 aromatic heterocycles. The Morgan fingerprint density at radius 1 is 1.12 bits per heavy atom. The van der Waals surface area contributed by atoms with Crippen LogP contribution in [0.1, 0.15) is 37.8 Å². The van der Waals surface area contributed by atoms with Crippen LogP contribution in [0.3, 0.4) is 0 Å². The second kappa shape index (κ2) is 10.6. The summed E-state index contributed by atoms with van der Waals surface area (Å²) < 4.78 is 16.5.